The Morgan fingerprint density at radius 2 is 1.57 bits per heavy atom. The van der Waals surface area contributed by atoms with Crippen LogP contribution in [0, 0.1) is 0 Å². The number of rotatable bonds is 5. The molecule has 1 aliphatic heterocycles. The van der Waals surface area contributed by atoms with Gasteiger partial charge in [-0.2, -0.15) is 0 Å². The summed E-state index contributed by atoms with van der Waals surface area (Å²) in [4.78, 5) is 37.7. The molecule has 1 heterocycles. The first-order valence-corrected chi connectivity index (χ1v) is 9.91. The van der Waals surface area contributed by atoms with E-state index in [2.05, 4.69) is 10.6 Å². The van der Waals surface area contributed by atoms with E-state index < -0.39 is 11.8 Å². The van der Waals surface area contributed by atoms with E-state index in [1.165, 1.54) is 0 Å². The fourth-order valence-electron chi connectivity index (χ4n) is 3.09. The molecule has 3 rings (SSSR count). The second-order valence-corrected chi connectivity index (χ2v) is 6.83. The number of hydrogen-bond donors (Lipinski definition) is 2. The van der Waals surface area contributed by atoms with E-state index in [0.29, 0.717) is 49.7 Å². The summed E-state index contributed by atoms with van der Waals surface area (Å²) in [6, 6.07) is 16.0. The van der Waals surface area contributed by atoms with Crippen LogP contribution in [0.4, 0.5) is 10.5 Å². The summed E-state index contributed by atoms with van der Waals surface area (Å²) in [7, 11) is 0. The fraction of sp³-hybridized carbons (Fsp3) is 0.318. The second kappa shape index (κ2) is 10.3. The predicted molar refractivity (Wildman–Crippen MR) is 111 cm³/mol. The van der Waals surface area contributed by atoms with Crippen molar-refractivity contribution in [2.75, 3.05) is 25.0 Å². The summed E-state index contributed by atoms with van der Waals surface area (Å²) in [5.74, 6) is -0.103. The molecule has 0 aromatic heterocycles. The number of carbonyl (C=O) groups excluding carboxylic acids is 3. The van der Waals surface area contributed by atoms with Gasteiger partial charge < -0.3 is 25.0 Å². The normalized spacial score (nSPS) is 14.0. The van der Waals surface area contributed by atoms with Crippen LogP contribution in [0.2, 0.25) is 0 Å². The van der Waals surface area contributed by atoms with Crippen LogP contribution in [0.25, 0.3) is 0 Å². The third-order valence-electron chi connectivity index (χ3n) is 4.65. The van der Waals surface area contributed by atoms with Crippen LogP contribution in [0.1, 0.15) is 19.8 Å². The van der Waals surface area contributed by atoms with Gasteiger partial charge in [0.1, 0.15) is 11.5 Å². The smallest absolute Gasteiger partial charge is 0.409 e. The van der Waals surface area contributed by atoms with Crippen molar-refractivity contribution in [3.05, 3.63) is 54.6 Å². The Morgan fingerprint density at radius 1 is 0.933 bits per heavy atom. The second-order valence-electron chi connectivity index (χ2n) is 6.83. The van der Waals surface area contributed by atoms with Gasteiger partial charge in [0.2, 0.25) is 0 Å². The predicted octanol–water partition coefficient (Wildman–Crippen LogP) is 3.15. The molecule has 0 spiro atoms. The average Bonchev–Trinajstić information content (AvgIpc) is 2.76. The van der Waals surface area contributed by atoms with E-state index in [4.69, 9.17) is 9.47 Å². The summed E-state index contributed by atoms with van der Waals surface area (Å²) in [6.07, 6.45) is 0.798. The quantitative estimate of drug-likeness (QED) is 0.737. The SMILES string of the molecule is CCOC(=O)N1CCC(NC(=O)C(=O)Nc2ccc(Oc3ccccc3)cc2)CC1. The number of amides is 3. The molecule has 1 aliphatic rings. The molecule has 0 saturated carbocycles. The Hall–Kier alpha value is -3.55. The van der Waals surface area contributed by atoms with Crippen LogP contribution in [-0.4, -0.2) is 48.5 Å². The van der Waals surface area contributed by atoms with Gasteiger partial charge >= 0.3 is 17.9 Å². The number of nitrogens with one attached hydrogen (secondary N) is 2. The van der Waals surface area contributed by atoms with Crippen LogP contribution in [0.3, 0.4) is 0 Å². The molecule has 0 aliphatic carbocycles. The summed E-state index contributed by atoms with van der Waals surface area (Å²) < 4.78 is 10.7. The minimum Gasteiger partial charge on any atom is -0.457 e. The van der Waals surface area contributed by atoms with Gasteiger partial charge in [-0.1, -0.05) is 18.2 Å². The molecule has 3 amide bonds. The van der Waals surface area contributed by atoms with Crippen molar-refractivity contribution in [3.8, 4) is 11.5 Å². The summed E-state index contributed by atoms with van der Waals surface area (Å²) in [5, 5.41) is 5.29. The largest absolute Gasteiger partial charge is 0.457 e. The number of anilines is 1. The topological polar surface area (TPSA) is 97.0 Å². The van der Waals surface area contributed by atoms with Crippen molar-refractivity contribution in [1.82, 2.24) is 10.2 Å². The van der Waals surface area contributed by atoms with Gasteiger partial charge in [-0.25, -0.2) is 4.79 Å². The molecular formula is C22H25N3O5. The van der Waals surface area contributed by atoms with E-state index in [-0.39, 0.29) is 12.1 Å². The summed E-state index contributed by atoms with van der Waals surface area (Å²) in [6.45, 7) is 3.05. The number of ether oxygens (including phenoxy) is 2. The Kier molecular flexibility index (Phi) is 7.26. The van der Waals surface area contributed by atoms with Crippen LogP contribution in [0.15, 0.2) is 54.6 Å². The zero-order chi connectivity index (χ0) is 21.3. The minimum absolute atomic E-state index is 0.157. The highest BCUT2D eigenvalue weighted by atomic mass is 16.6. The van der Waals surface area contributed by atoms with Crippen molar-refractivity contribution in [2.45, 2.75) is 25.8 Å². The van der Waals surface area contributed by atoms with Crippen molar-refractivity contribution in [1.29, 1.82) is 0 Å². The zero-order valence-electron chi connectivity index (χ0n) is 16.8. The van der Waals surface area contributed by atoms with Crippen molar-refractivity contribution >= 4 is 23.6 Å². The number of benzene rings is 2. The monoisotopic (exact) mass is 411 g/mol. The fourth-order valence-corrected chi connectivity index (χ4v) is 3.09. The molecule has 2 aromatic rings. The van der Waals surface area contributed by atoms with Crippen molar-refractivity contribution < 1.29 is 23.9 Å². The van der Waals surface area contributed by atoms with E-state index in [1.54, 1.807) is 36.1 Å². The molecule has 0 radical (unpaired) electrons. The third kappa shape index (κ3) is 5.97. The Labute approximate surface area is 175 Å². The zero-order valence-corrected chi connectivity index (χ0v) is 16.8. The lowest BCUT2D eigenvalue weighted by atomic mass is 10.1. The molecule has 8 nitrogen and oxygen atoms in total. The number of piperidine rings is 1. The standard InChI is InChI=1S/C22H25N3O5/c1-2-29-22(28)25-14-12-17(13-15-25)24-21(27)20(26)23-16-8-10-19(11-9-16)30-18-6-4-3-5-7-18/h3-11,17H,2,12-15H2,1H3,(H,23,26)(H,24,27). The maximum atomic E-state index is 12.2. The van der Waals surface area contributed by atoms with Gasteiger partial charge in [-0.3, -0.25) is 9.59 Å². The highest BCUT2D eigenvalue weighted by Gasteiger charge is 2.26. The number of nitrogens with zero attached hydrogens (tertiary/aromatic N) is 1. The molecule has 30 heavy (non-hydrogen) atoms. The number of para-hydroxylation sites is 1. The molecule has 0 atom stereocenters. The minimum atomic E-state index is -0.737. The van der Waals surface area contributed by atoms with Crippen LogP contribution >= 0.6 is 0 Å². The Balaban J connectivity index is 1.44. The first kappa shape index (κ1) is 21.2. The Morgan fingerprint density at radius 3 is 2.20 bits per heavy atom. The molecular weight excluding hydrogens is 386 g/mol. The molecule has 1 saturated heterocycles. The number of carbonyl (C=O) groups is 3. The molecule has 0 bridgehead atoms. The summed E-state index contributed by atoms with van der Waals surface area (Å²) in [5.41, 5.74) is 0.493. The van der Waals surface area contributed by atoms with Gasteiger partial charge in [0.15, 0.2) is 0 Å². The highest BCUT2D eigenvalue weighted by Crippen LogP contribution is 2.22. The lowest BCUT2D eigenvalue weighted by Crippen LogP contribution is -2.49. The van der Waals surface area contributed by atoms with E-state index >= 15 is 0 Å². The number of hydrogen-bond acceptors (Lipinski definition) is 5. The molecule has 2 aromatic carbocycles. The van der Waals surface area contributed by atoms with Crippen LogP contribution < -0.4 is 15.4 Å². The molecule has 2 N–H and O–H groups in total. The average molecular weight is 411 g/mol. The van der Waals surface area contributed by atoms with E-state index in [0.717, 1.165) is 0 Å². The van der Waals surface area contributed by atoms with Crippen LogP contribution in [-0.2, 0) is 14.3 Å². The van der Waals surface area contributed by atoms with Crippen molar-refractivity contribution in [3.63, 3.8) is 0 Å². The number of likely N-dealkylation sites (tertiary alicyclic amines) is 1. The maximum absolute atomic E-state index is 12.2. The first-order chi connectivity index (χ1) is 14.5. The lowest BCUT2D eigenvalue weighted by molar-refractivity contribution is -0.136. The molecule has 1 fully saturated rings. The van der Waals surface area contributed by atoms with E-state index in [9.17, 15) is 14.4 Å². The lowest BCUT2D eigenvalue weighted by Gasteiger charge is -2.31. The maximum Gasteiger partial charge on any atom is 0.409 e. The Bertz CT molecular complexity index is 862. The van der Waals surface area contributed by atoms with Gasteiger partial charge in [0, 0.05) is 24.8 Å². The van der Waals surface area contributed by atoms with Gasteiger partial charge in [-0.15, -0.1) is 0 Å². The third-order valence-corrected chi connectivity index (χ3v) is 4.65. The highest BCUT2D eigenvalue weighted by molar-refractivity contribution is 6.39. The van der Waals surface area contributed by atoms with Gasteiger partial charge in [-0.05, 0) is 56.2 Å². The molecule has 0 unspecified atom stereocenters. The van der Waals surface area contributed by atoms with Crippen molar-refractivity contribution in [2.24, 2.45) is 0 Å². The molecule has 8 heteroatoms. The van der Waals surface area contributed by atoms with Crippen LogP contribution in [0.5, 0.6) is 11.5 Å². The van der Waals surface area contributed by atoms with Gasteiger partial charge in [0.25, 0.3) is 0 Å². The first-order valence-electron chi connectivity index (χ1n) is 9.91. The molecule has 158 valence electrons. The van der Waals surface area contributed by atoms with E-state index in [1.807, 2.05) is 30.3 Å². The van der Waals surface area contributed by atoms with Gasteiger partial charge in [0.05, 0.1) is 6.61 Å². The summed E-state index contributed by atoms with van der Waals surface area (Å²) >= 11 is 0.